The first kappa shape index (κ1) is 30.2. The number of Topliss-reactive ketones (excluding diaryl/α,β-unsaturated/α-hetero) is 1. The Kier molecular flexibility index (Phi) is 9.81. The quantitative estimate of drug-likeness (QED) is 0.336. The molecule has 7 nitrogen and oxygen atoms in total. The molecule has 1 N–H and O–H groups in total. The van der Waals surface area contributed by atoms with Gasteiger partial charge < -0.3 is 9.88 Å². The van der Waals surface area contributed by atoms with Gasteiger partial charge in [-0.25, -0.2) is 8.78 Å². The maximum absolute atomic E-state index is 14.7. The van der Waals surface area contributed by atoms with Crippen LogP contribution in [0.3, 0.4) is 0 Å². The van der Waals surface area contributed by atoms with Crippen molar-refractivity contribution in [1.82, 2.24) is 19.8 Å². The van der Waals surface area contributed by atoms with E-state index in [4.69, 9.17) is 0 Å². The molecule has 1 aliphatic heterocycles. The maximum Gasteiger partial charge on any atom is 0.251 e. The summed E-state index contributed by atoms with van der Waals surface area (Å²) in [7, 11) is 0. The van der Waals surface area contributed by atoms with Crippen molar-refractivity contribution in [3.8, 4) is 11.1 Å². The molecule has 4 rings (SSSR count). The largest absolute Gasteiger partial charge is 0.347 e. The predicted octanol–water partition coefficient (Wildman–Crippen LogP) is 4.98. The summed E-state index contributed by atoms with van der Waals surface area (Å²) < 4.78 is 29.4. The number of amides is 1. The molecule has 2 atom stereocenters. The smallest absolute Gasteiger partial charge is 0.251 e. The van der Waals surface area contributed by atoms with E-state index in [0.29, 0.717) is 49.2 Å². The van der Waals surface area contributed by atoms with Gasteiger partial charge in [-0.2, -0.15) is 0 Å². The van der Waals surface area contributed by atoms with Crippen molar-refractivity contribution in [2.75, 3.05) is 19.6 Å². The number of nitrogens with zero attached hydrogens (tertiary/aromatic N) is 3. The Morgan fingerprint density at radius 1 is 1.15 bits per heavy atom. The van der Waals surface area contributed by atoms with Gasteiger partial charge in [0.05, 0.1) is 6.04 Å². The number of hydrogen-bond donors (Lipinski definition) is 1. The number of aryl methyl sites for hydroxylation is 1. The molecule has 3 aromatic rings. The van der Waals surface area contributed by atoms with E-state index in [1.165, 1.54) is 23.6 Å². The van der Waals surface area contributed by atoms with E-state index in [2.05, 4.69) is 10.3 Å². The molecule has 1 aliphatic rings. The first-order valence-electron chi connectivity index (χ1n) is 14.1. The third-order valence-electron chi connectivity index (χ3n) is 7.44. The molecular formula is C32H38F2N4O3. The van der Waals surface area contributed by atoms with E-state index in [1.54, 1.807) is 36.8 Å². The van der Waals surface area contributed by atoms with Gasteiger partial charge in [-0.05, 0) is 61.4 Å². The number of rotatable bonds is 12. The van der Waals surface area contributed by atoms with Crippen LogP contribution in [0.5, 0.6) is 0 Å². The summed E-state index contributed by atoms with van der Waals surface area (Å²) >= 11 is 0. The van der Waals surface area contributed by atoms with E-state index >= 15 is 0 Å². The minimum Gasteiger partial charge on any atom is -0.347 e. The molecule has 0 spiro atoms. The van der Waals surface area contributed by atoms with Crippen LogP contribution in [-0.2, 0) is 16.0 Å². The second-order valence-electron chi connectivity index (χ2n) is 11.4. The van der Waals surface area contributed by atoms with E-state index < -0.39 is 18.3 Å². The molecule has 1 fully saturated rings. The lowest BCUT2D eigenvalue weighted by molar-refractivity contribution is -0.126. The third-order valence-corrected chi connectivity index (χ3v) is 7.44. The Morgan fingerprint density at radius 3 is 2.56 bits per heavy atom. The van der Waals surface area contributed by atoms with Gasteiger partial charge in [0.2, 0.25) is 5.91 Å². The molecule has 0 saturated carbocycles. The third kappa shape index (κ3) is 7.73. The molecule has 1 amide bonds. The van der Waals surface area contributed by atoms with E-state index in [9.17, 15) is 23.2 Å². The lowest BCUT2D eigenvalue weighted by Crippen LogP contribution is -2.49. The molecule has 0 radical (unpaired) electrons. The summed E-state index contributed by atoms with van der Waals surface area (Å²) in [5, 5.41) is 2.99. The van der Waals surface area contributed by atoms with Crippen LogP contribution in [0.2, 0.25) is 0 Å². The van der Waals surface area contributed by atoms with Gasteiger partial charge in [0.25, 0.3) is 5.56 Å². The zero-order valence-corrected chi connectivity index (χ0v) is 24.1. The standard InChI is InChI=1S/C32H38F2N4O3/c1-20(2)12-29(38-17-23(8-9-30(38)40)10-11-37-18-26(33)19-37)32(41)36-28(13-22(4)39)24-14-25(16-35-15-24)31-21(3)6-5-7-27(31)34/h5-9,14-17,20,26,28-29H,10-13,18-19H2,1-4H3,(H,36,41)/t28-,29-/m0/s1. The molecule has 0 bridgehead atoms. The topological polar surface area (TPSA) is 84.3 Å². The van der Waals surface area contributed by atoms with Crippen molar-refractivity contribution >= 4 is 11.7 Å². The van der Waals surface area contributed by atoms with Gasteiger partial charge in [0.15, 0.2) is 0 Å². The van der Waals surface area contributed by atoms with Crippen LogP contribution in [0.25, 0.3) is 11.1 Å². The van der Waals surface area contributed by atoms with Crippen molar-refractivity contribution in [1.29, 1.82) is 0 Å². The second kappa shape index (κ2) is 13.3. The van der Waals surface area contributed by atoms with Crippen LogP contribution < -0.4 is 10.9 Å². The summed E-state index contributed by atoms with van der Waals surface area (Å²) in [5.41, 5.74) is 2.85. The number of aromatic nitrogens is 2. The van der Waals surface area contributed by atoms with Crippen molar-refractivity contribution in [2.24, 2.45) is 5.92 Å². The monoisotopic (exact) mass is 564 g/mol. The van der Waals surface area contributed by atoms with Crippen molar-refractivity contribution < 1.29 is 18.4 Å². The van der Waals surface area contributed by atoms with E-state index in [0.717, 1.165) is 11.1 Å². The fourth-order valence-corrected chi connectivity index (χ4v) is 5.30. The zero-order valence-electron chi connectivity index (χ0n) is 24.1. The summed E-state index contributed by atoms with van der Waals surface area (Å²) in [6, 6.07) is 8.26. The van der Waals surface area contributed by atoms with Crippen LogP contribution in [0.4, 0.5) is 8.78 Å². The van der Waals surface area contributed by atoms with Gasteiger partial charge in [-0.15, -0.1) is 0 Å². The SMILES string of the molecule is CC(=O)C[C@H](NC(=O)[C@H](CC(C)C)n1cc(CCN2CC(F)C2)ccc1=O)c1cncc(-c2c(C)cccc2F)c1. The molecule has 0 unspecified atom stereocenters. The minimum absolute atomic E-state index is 0.0157. The van der Waals surface area contributed by atoms with Crippen LogP contribution in [0.1, 0.15) is 62.4 Å². The molecule has 2 aromatic heterocycles. The fourth-order valence-electron chi connectivity index (χ4n) is 5.30. The summed E-state index contributed by atoms with van der Waals surface area (Å²) in [4.78, 5) is 45.3. The van der Waals surface area contributed by atoms with Crippen molar-refractivity contribution in [2.45, 2.75) is 65.2 Å². The van der Waals surface area contributed by atoms with Gasteiger partial charge >= 0.3 is 0 Å². The van der Waals surface area contributed by atoms with Crippen LogP contribution in [-0.4, -0.2) is 51.9 Å². The van der Waals surface area contributed by atoms with Gasteiger partial charge in [0.1, 0.15) is 23.8 Å². The minimum atomic E-state index is -0.805. The average Bonchev–Trinajstić information content (AvgIpc) is 2.89. The number of benzene rings is 1. The Morgan fingerprint density at radius 2 is 1.90 bits per heavy atom. The molecule has 3 heterocycles. The van der Waals surface area contributed by atoms with Crippen LogP contribution in [0, 0.1) is 18.7 Å². The zero-order chi connectivity index (χ0) is 29.7. The number of carbonyl (C=O) groups is 2. The molecule has 1 aromatic carbocycles. The Bertz CT molecular complexity index is 1430. The van der Waals surface area contributed by atoms with Crippen LogP contribution in [0.15, 0.2) is 59.8 Å². The maximum atomic E-state index is 14.7. The normalized spacial score (nSPS) is 15.4. The molecule has 218 valence electrons. The van der Waals surface area contributed by atoms with E-state index in [1.807, 2.05) is 31.7 Å². The number of hydrogen-bond acceptors (Lipinski definition) is 5. The highest BCUT2D eigenvalue weighted by Gasteiger charge is 2.28. The molecule has 1 saturated heterocycles. The summed E-state index contributed by atoms with van der Waals surface area (Å²) in [6.07, 6.45) is 5.11. The number of pyridine rings is 2. The highest BCUT2D eigenvalue weighted by Crippen LogP contribution is 2.29. The molecule has 0 aliphatic carbocycles. The van der Waals surface area contributed by atoms with Crippen molar-refractivity contribution in [3.63, 3.8) is 0 Å². The highest BCUT2D eigenvalue weighted by atomic mass is 19.1. The van der Waals surface area contributed by atoms with Gasteiger partial charge in [0, 0.05) is 61.8 Å². The molecular weight excluding hydrogens is 526 g/mol. The number of halogens is 2. The molecule has 41 heavy (non-hydrogen) atoms. The Labute approximate surface area is 239 Å². The van der Waals surface area contributed by atoms with Crippen LogP contribution >= 0.6 is 0 Å². The number of nitrogens with one attached hydrogen (secondary N) is 1. The van der Waals surface area contributed by atoms with Crippen molar-refractivity contribution in [3.05, 3.63) is 87.9 Å². The summed E-state index contributed by atoms with van der Waals surface area (Å²) in [5.74, 6) is -0.807. The Hall–Kier alpha value is -3.72. The lowest BCUT2D eigenvalue weighted by atomic mass is 9.96. The predicted molar refractivity (Wildman–Crippen MR) is 155 cm³/mol. The summed E-state index contributed by atoms with van der Waals surface area (Å²) in [6.45, 7) is 8.71. The van der Waals surface area contributed by atoms with E-state index in [-0.39, 0.29) is 35.4 Å². The lowest BCUT2D eigenvalue weighted by Gasteiger charge is -2.34. The average molecular weight is 565 g/mol. The van der Waals surface area contributed by atoms with Gasteiger partial charge in [-0.1, -0.05) is 32.0 Å². The first-order valence-corrected chi connectivity index (χ1v) is 14.1. The fraction of sp³-hybridized carbons (Fsp3) is 0.438. The second-order valence-corrected chi connectivity index (χ2v) is 11.4. The van der Waals surface area contributed by atoms with Gasteiger partial charge in [-0.3, -0.25) is 24.3 Å². The Balaban J connectivity index is 1.61. The highest BCUT2D eigenvalue weighted by molar-refractivity contribution is 5.83. The number of likely N-dealkylation sites (tertiary alicyclic amines) is 1. The number of ketones is 1. The first-order chi connectivity index (χ1) is 19.5. The number of alkyl halides is 1. The molecule has 9 heteroatoms. The number of carbonyl (C=O) groups excluding carboxylic acids is 2.